The standard InChI is InChI=1S/C30H61ClO11/c1-2-3-9-32-11-13-34-15-17-36-19-21-38-23-25-40-27-29-42-30-28-41-26-24-39-22-20-37-18-16-35-14-12-33-10-7-5-4-6-8-31/h2-30H2,1H3. The van der Waals surface area contributed by atoms with Crippen molar-refractivity contribution in [1.82, 2.24) is 0 Å². The third-order valence-electron chi connectivity index (χ3n) is 5.53. The van der Waals surface area contributed by atoms with Crippen LogP contribution in [0.4, 0.5) is 0 Å². The second-order valence-electron chi connectivity index (χ2n) is 9.19. The predicted molar refractivity (Wildman–Crippen MR) is 163 cm³/mol. The summed E-state index contributed by atoms with van der Waals surface area (Å²) in [6, 6.07) is 0. The van der Waals surface area contributed by atoms with E-state index in [2.05, 4.69) is 6.92 Å². The summed E-state index contributed by atoms with van der Waals surface area (Å²) < 4.78 is 60.2. The van der Waals surface area contributed by atoms with Crippen molar-refractivity contribution < 1.29 is 52.1 Å². The number of halogens is 1. The molecule has 0 N–H and O–H groups in total. The van der Waals surface area contributed by atoms with Gasteiger partial charge in [0.25, 0.3) is 0 Å². The highest BCUT2D eigenvalue weighted by molar-refractivity contribution is 6.17. The first-order valence-electron chi connectivity index (χ1n) is 15.8. The molecule has 12 heteroatoms. The quantitative estimate of drug-likeness (QED) is 0.0731. The van der Waals surface area contributed by atoms with Gasteiger partial charge < -0.3 is 52.1 Å². The van der Waals surface area contributed by atoms with Crippen molar-refractivity contribution in [3.8, 4) is 0 Å². The fraction of sp³-hybridized carbons (Fsp3) is 1.00. The lowest BCUT2D eigenvalue weighted by molar-refractivity contribution is -0.0275. The summed E-state index contributed by atoms with van der Waals surface area (Å²) in [5.41, 5.74) is 0. The Balaban J connectivity index is 3.02. The van der Waals surface area contributed by atoms with E-state index in [1.165, 1.54) is 12.8 Å². The van der Waals surface area contributed by atoms with Gasteiger partial charge in [-0.1, -0.05) is 26.2 Å². The molecule has 0 aromatic carbocycles. The van der Waals surface area contributed by atoms with Gasteiger partial charge in [0.05, 0.1) is 132 Å². The molecule has 0 saturated heterocycles. The molecule has 0 aromatic heterocycles. The molecule has 0 amide bonds. The summed E-state index contributed by atoms with van der Waals surface area (Å²) in [5, 5.41) is 0. The number of unbranched alkanes of at least 4 members (excludes halogenated alkanes) is 4. The average Bonchev–Trinajstić information content (AvgIpc) is 3.00. The lowest BCUT2D eigenvalue weighted by Crippen LogP contribution is -2.15. The summed E-state index contributed by atoms with van der Waals surface area (Å²) >= 11 is 5.65. The predicted octanol–water partition coefficient (Wildman–Crippen LogP) is 3.77. The van der Waals surface area contributed by atoms with Gasteiger partial charge in [0, 0.05) is 19.1 Å². The summed E-state index contributed by atoms with van der Waals surface area (Å²) in [6.45, 7) is 14.8. The molecule has 0 aliphatic carbocycles. The first kappa shape index (κ1) is 41.9. The van der Waals surface area contributed by atoms with Gasteiger partial charge in [0.2, 0.25) is 0 Å². The molecular weight excluding hydrogens is 572 g/mol. The van der Waals surface area contributed by atoms with Gasteiger partial charge in [-0.15, -0.1) is 11.6 Å². The molecular formula is C30H61ClO11. The van der Waals surface area contributed by atoms with Crippen LogP contribution >= 0.6 is 11.6 Å². The molecule has 0 fully saturated rings. The van der Waals surface area contributed by atoms with Crippen molar-refractivity contribution in [2.24, 2.45) is 0 Å². The molecule has 0 atom stereocenters. The number of hydrogen-bond acceptors (Lipinski definition) is 11. The smallest absolute Gasteiger partial charge is 0.0701 e. The maximum atomic E-state index is 5.65. The number of alkyl halides is 1. The monoisotopic (exact) mass is 632 g/mol. The van der Waals surface area contributed by atoms with Crippen molar-refractivity contribution in [1.29, 1.82) is 0 Å². The van der Waals surface area contributed by atoms with Crippen molar-refractivity contribution in [3.05, 3.63) is 0 Å². The van der Waals surface area contributed by atoms with Crippen LogP contribution in [0.2, 0.25) is 0 Å². The molecule has 0 aliphatic heterocycles. The minimum absolute atomic E-state index is 0.523. The minimum atomic E-state index is 0.523. The highest BCUT2D eigenvalue weighted by Crippen LogP contribution is 2.01. The Labute approximate surface area is 260 Å². The van der Waals surface area contributed by atoms with Gasteiger partial charge in [-0.25, -0.2) is 0 Å². The Bertz CT molecular complexity index is 427. The molecule has 0 spiro atoms. The Kier molecular flexibility index (Phi) is 40.7. The van der Waals surface area contributed by atoms with Crippen molar-refractivity contribution in [2.45, 2.75) is 45.4 Å². The van der Waals surface area contributed by atoms with Crippen molar-refractivity contribution in [3.63, 3.8) is 0 Å². The third-order valence-corrected chi connectivity index (χ3v) is 5.80. The van der Waals surface area contributed by atoms with Gasteiger partial charge in [0.15, 0.2) is 0 Å². The summed E-state index contributed by atoms with van der Waals surface area (Å²) in [5.74, 6) is 0.746. The van der Waals surface area contributed by atoms with Gasteiger partial charge in [-0.3, -0.25) is 0 Å². The highest BCUT2D eigenvalue weighted by Gasteiger charge is 1.96. The molecule has 0 saturated carbocycles. The maximum Gasteiger partial charge on any atom is 0.0701 e. The SMILES string of the molecule is CCCCOCCOCCOCCOCCOCCOCCOCCOCCOCCOCCOCCCCCCCl. The van der Waals surface area contributed by atoms with Crippen LogP contribution in [-0.2, 0) is 52.1 Å². The van der Waals surface area contributed by atoms with E-state index in [1.807, 2.05) is 0 Å². The first-order valence-corrected chi connectivity index (χ1v) is 16.4. The molecule has 0 unspecified atom stereocenters. The Morgan fingerprint density at radius 1 is 0.262 bits per heavy atom. The Morgan fingerprint density at radius 3 is 0.714 bits per heavy atom. The van der Waals surface area contributed by atoms with Crippen molar-refractivity contribution >= 4 is 11.6 Å². The van der Waals surface area contributed by atoms with Crippen LogP contribution in [0, 0.1) is 0 Å². The Morgan fingerprint density at radius 2 is 0.476 bits per heavy atom. The fourth-order valence-electron chi connectivity index (χ4n) is 3.20. The van der Waals surface area contributed by atoms with Crippen LogP contribution in [0.1, 0.15) is 45.4 Å². The normalized spacial score (nSPS) is 11.6. The van der Waals surface area contributed by atoms with Gasteiger partial charge in [-0.05, 0) is 19.3 Å². The zero-order valence-electron chi connectivity index (χ0n) is 26.4. The zero-order chi connectivity index (χ0) is 30.3. The molecule has 42 heavy (non-hydrogen) atoms. The number of ether oxygens (including phenoxy) is 11. The van der Waals surface area contributed by atoms with E-state index in [9.17, 15) is 0 Å². The molecule has 0 rings (SSSR count). The van der Waals surface area contributed by atoms with Gasteiger partial charge in [0.1, 0.15) is 0 Å². The topological polar surface area (TPSA) is 102 Å². The van der Waals surface area contributed by atoms with E-state index < -0.39 is 0 Å². The molecule has 0 heterocycles. The number of hydrogen-bond donors (Lipinski definition) is 0. The molecule has 0 aliphatic rings. The zero-order valence-corrected chi connectivity index (χ0v) is 27.1. The summed E-state index contributed by atoms with van der Waals surface area (Å²) in [4.78, 5) is 0. The van der Waals surface area contributed by atoms with E-state index in [0.717, 1.165) is 44.8 Å². The molecule has 0 radical (unpaired) electrons. The highest BCUT2D eigenvalue weighted by atomic mass is 35.5. The van der Waals surface area contributed by atoms with Crippen LogP contribution in [0.5, 0.6) is 0 Å². The van der Waals surface area contributed by atoms with Crippen LogP contribution in [-0.4, -0.2) is 151 Å². The van der Waals surface area contributed by atoms with Gasteiger partial charge >= 0.3 is 0 Å². The Hall–Kier alpha value is -0.150. The van der Waals surface area contributed by atoms with E-state index in [1.54, 1.807) is 0 Å². The molecule has 0 aromatic rings. The maximum absolute atomic E-state index is 5.65. The molecule has 0 bridgehead atoms. The van der Waals surface area contributed by atoms with E-state index >= 15 is 0 Å². The second-order valence-corrected chi connectivity index (χ2v) is 9.57. The van der Waals surface area contributed by atoms with E-state index in [-0.39, 0.29) is 0 Å². The second kappa shape index (κ2) is 40.9. The molecule has 11 nitrogen and oxygen atoms in total. The molecule has 254 valence electrons. The van der Waals surface area contributed by atoms with Crippen LogP contribution in [0.15, 0.2) is 0 Å². The lowest BCUT2D eigenvalue weighted by Gasteiger charge is -2.09. The third kappa shape index (κ3) is 39.8. The number of rotatable bonds is 39. The summed E-state index contributed by atoms with van der Waals surface area (Å²) in [6.07, 6.45) is 6.75. The minimum Gasteiger partial charge on any atom is -0.379 e. The van der Waals surface area contributed by atoms with Crippen molar-refractivity contribution in [2.75, 3.05) is 151 Å². The van der Waals surface area contributed by atoms with Crippen LogP contribution in [0.3, 0.4) is 0 Å². The largest absolute Gasteiger partial charge is 0.379 e. The summed E-state index contributed by atoms with van der Waals surface area (Å²) in [7, 11) is 0. The first-order chi connectivity index (χ1) is 20.9. The van der Waals surface area contributed by atoms with Gasteiger partial charge in [-0.2, -0.15) is 0 Å². The van der Waals surface area contributed by atoms with Crippen LogP contribution < -0.4 is 0 Å². The van der Waals surface area contributed by atoms with Crippen LogP contribution in [0.25, 0.3) is 0 Å². The average molecular weight is 633 g/mol. The fourth-order valence-corrected chi connectivity index (χ4v) is 3.39. The lowest BCUT2D eigenvalue weighted by atomic mass is 10.2. The van der Waals surface area contributed by atoms with E-state index in [4.69, 9.17) is 63.7 Å². The van der Waals surface area contributed by atoms with E-state index in [0.29, 0.717) is 132 Å².